The van der Waals surface area contributed by atoms with Crippen molar-refractivity contribution < 1.29 is 9.59 Å². The zero-order valence-corrected chi connectivity index (χ0v) is 11.5. The Morgan fingerprint density at radius 1 is 1.17 bits per heavy atom. The first-order valence-electron chi connectivity index (χ1n) is 6.80. The average molecular weight is 255 g/mol. The van der Waals surface area contributed by atoms with Crippen LogP contribution in [0.1, 0.15) is 38.5 Å². The second-order valence-corrected chi connectivity index (χ2v) is 5.12. The summed E-state index contributed by atoms with van der Waals surface area (Å²) in [5, 5.41) is 6.03. The van der Waals surface area contributed by atoms with Gasteiger partial charge in [-0.1, -0.05) is 19.3 Å². The molecule has 1 rings (SSSR count). The fourth-order valence-electron chi connectivity index (χ4n) is 2.15. The van der Waals surface area contributed by atoms with E-state index >= 15 is 0 Å². The topological polar surface area (TPSA) is 61.4 Å². The molecular formula is C13H25N3O2. The van der Waals surface area contributed by atoms with Crippen LogP contribution >= 0.6 is 0 Å². The maximum absolute atomic E-state index is 11.6. The average Bonchev–Trinajstić information content (AvgIpc) is 2.35. The zero-order valence-electron chi connectivity index (χ0n) is 11.5. The maximum Gasteiger partial charge on any atom is 0.234 e. The smallest absolute Gasteiger partial charge is 0.234 e. The molecule has 1 fully saturated rings. The molecule has 0 spiro atoms. The van der Waals surface area contributed by atoms with Crippen LogP contribution < -0.4 is 10.6 Å². The maximum atomic E-state index is 11.6. The van der Waals surface area contributed by atoms with Gasteiger partial charge < -0.3 is 15.5 Å². The van der Waals surface area contributed by atoms with Crippen molar-refractivity contribution in [1.82, 2.24) is 15.5 Å². The summed E-state index contributed by atoms with van der Waals surface area (Å²) < 4.78 is 0. The Morgan fingerprint density at radius 2 is 1.83 bits per heavy atom. The van der Waals surface area contributed by atoms with Crippen LogP contribution in [0.2, 0.25) is 0 Å². The molecule has 0 radical (unpaired) electrons. The quantitative estimate of drug-likeness (QED) is 0.680. The Kier molecular flexibility index (Phi) is 6.72. The van der Waals surface area contributed by atoms with Crippen molar-refractivity contribution in [3.63, 3.8) is 0 Å². The molecule has 5 nitrogen and oxygen atoms in total. The summed E-state index contributed by atoms with van der Waals surface area (Å²) in [6.45, 7) is 0.853. The van der Waals surface area contributed by atoms with E-state index in [1.807, 2.05) is 0 Å². The lowest BCUT2D eigenvalue weighted by atomic mass is 9.95. The van der Waals surface area contributed by atoms with E-state index in [-0.39, 0.29) is 11.8 Å². The van der Waals surface area contributed by atoms with Gasteiger partial charge in [-0.15, -0.1) is 0 Å². The molecule has 0 aliphatic heterocycles. The molecule has 0 bridgehead atoms. The second-order valence-electron chi connectivity index (χ2n) is 5.12. The highest BCUT2D eigenvalue weighted by atomic mass is 16.2. The third kappa shape index (κ3) is 6.00. The van der Waals surface area contributed by atoms with Crippen molar-refractivity contribution in [1.29, 1.82) is 0 Å². The first-order chi connectivity index (χ1) is 8.59. The summed E-state index contributed by atoms with van der Waals surface area (Å²) in [7, 11) is 3.47. The van der Waals surface area contributed by atoms with Crippen molar-refractivity contribution in [2.24, 2.45) is 0 Å². The predicted molar refractivity (Wildman–Crippen MR) is 71.2 cm³/mol. The molecule has 1 saturated carbocycles. The van der Waals surface area contributed by atoms with Crippen LogP contribution in [-0.4, -0.2) is 49.9 Å². The van der Waals surface area contributed by atoms with Gasteiger partial charge in [0.05, 0.1) is 6.54 Å². The van der Waals surface area contributed by atoms with Gasteiger partial charge >= 0.3 is 0 Å². The number of hydrogen-bond donors (Lipinski definition) is 2. The molecule has 1 aliphatic rings. The standard InChI is InChI=1S/C13H25N3O2/c1-16(2)13(18)8-9-14-10-12(17)15-11-6-4-3-5-7-11/h11,14H,3-10H2,1-2H3,(H,15,17). The van der Waals surface area contributed by atoms with E-state index in [9.17, 15) is 9.59 Å². The molecule has 18 heavy (non-hydrogen) atoms. The Balaban J connectivity index is 2.04. The third-order valence-corrected chi connectivity index (χ3v) is 3.27. The molecule has 0 heterocycles. The number of carbonyl (C=O) groups is 2. The second kappa shape index (κ2) is 8.08. The molecule has 0 aromatic heterocycles. The Hall–Kier alpha value is -1.10. The minimum atomic E-state index is 0.0409. The number of hydrogen-bond acceptors (Lipinski definition) is 3. The first-order valence-corrected chi connectivity index (χ1v) is 6.80. The Labute approximate surface area is 109 Å². The van der Waals surface area contributed by atoms with Gasteiger partial charge in [0.2, 0.25) is 11.8 Å². The first kappa shape index (κ1) is 15.0. The van der Waals surface area contributed by atoms with Crippen molar-refractivity contribution in [2.75, 3.05) is 27.2 Å². The summed E-state index contributed by atoms with van der Waals surface area (Å²) in [5.41, 5.74) is 0. The molecule has 5 heteroatoms. The van der Waals surface area contributed by atoms with Crippen LogP contribution in [0.4, 0.5) is 0 Å². The van der Waals surface area contributed by atoms with Crippen LogP contribution in [0.3, 0.4) is 0 Å². The van der Waals surface area contributed by atoms with Gasteiger partial charge in [-0.25, -0.2) is 0 Å². The van der Waals surface area contributed by atoms with Crippen LogP contribution in [0.25, 0.3) is 0 Å². The molecule has 2 amide bonds. The lowest BCUT2D eigenvalue weighted by molar-refractivity contribution is -0.128. The van der Waals surface area contributed by atoms with Gasteiger partial charge in [-0.05, 0) is 12.8 Å². The molecule has 0 aromatic rings. The highest BCUT2D eigenvalue weighted by Gasteiger charge is 2.15. The molecule has 0 aromatic carbocycles. The fourth-order valence-corrected chi connectivity index (χ4v) is 2.15. The number of nitrogens with zero attached hydrogens (tertiary/aromatic N) is 1. The Bertz CT molecular complexity index is 273. The SMILES string of the molecule is CN(C)C(=O)CCNCC(=O)NC1CCCCC1. The van der Waals surface area contributed by atoms with Crippen molar-refractivity contribution in [2.45, 2.75) is 44.6 Å². The molecule has 1 aliphatic carbocycles. The summed E-state index contributed by atoms with van der Waals surface area (Å²) >= 11 is 0. The summed E-state index contributed by atoms with van der Waals surface area (Å²) in [4.78, 5) is 24.5. The normalized spacial score (nSPS) is 16.3. The van der Waals surface area contributed by atoms with E-state index in [0.29, 0.717) is 25.6 Å². The van der Waals surface area contributed by atoms with Gasteiger partial charge in [0.1, 0.15) is 0 Å². The van der Waals surface area contributed by atoms with Crippen LogP contribution in [0.5, 0.6) is 0 Å². The van der Waals surface area contributed by atoms with Crippen molar-refractivity contribution in [3.8, 4) is 0 Å². The molecule has 0 saturated heterocycles. The minimum Gasteiger partial charge on any atom is -0.352 e. The van der Waals surface area contributed by atoms with Gasteiger partial charge in [-0.2, -0.15) is 0 Å². The van der Waals surface area contributed by atoms with Crippen LogP contribution in [0, 0.1) is 0 Å². The molecule has 104 valence electrons. The van der Waals surface area contributed by atoms with Crippen LogP contribution in [-0.2, 0) is 9.59 Å². The summed E-state index contributed by atoms with van der Waals surface area (Å²) in [5.74, 6) is 0.120. The third-order valence-electron chi connectivity index (χ3n) is 3.27. The van der Waals surface area contributed by atoms with E-state index in [0.717, 1.165) is 12.8 Å². The predicted octanol–water partition coefficient (Wildman–Crippen LogP) is 0.503. The molecule has 2 N–H and O–H groups in total. The zero-order chi connectivity index (χ0) is 13.4. The van der Waals surface area contributed by atoms with Crippen LogP contribution in [0.15, 0.2) is 0 Å². The highest BCUT2D eigenvalue weighted by Crippen LogP contribution is 2.16. The van der Waals surface area contributed by atoms with Gasteiger partial charge in [0.15, 0.2) is 0 Å². The van der Waals surface area contributed by atoms with E-state index in [2.05, 4.69) is 10.6 Å². The number of amides is 2. The lowest BCUT2D eigenvalue weighted by Crippen LogP contribution is -2.41. The summed E-state index contributed by atoms with van der Waals surface area (Å²) in [6.07, 6.45) is 6.36. The monoisotopic (exact) mass is 255 g/mol. The highest BCUT2D eigenvalue weighted by molar-refractivity contribution is 5.78. The minimum absolute atomic E-state index is 0.0409. The molecular weight excluding hydrogens is 230 g/mol. The van der Waals surface area contributed by atoms with Crippen molar-refractivity contribution >= 4 is 11.8 Å². The number of nitrogens with one attached hydrogen (secondary N) is 2. The van der Waals surface area contributed by atoms with Gasteiger partial charge in [-0.3, -0.25) is 9.59 Å². The van der Waals surface area contributed by atoms with E-state index in [4.69, 9.17) is 0 Å². The number of rotatable bonds is 6. The van der Waals surface area contributed by atoms with E-state index in [1.165, 1.54) is 19.3 Å². The number of carbonyl (C=O) groups excluding carboxylic acids is 2. The summed E-state index contributed by atoms with van der Waals surface area (Å²) in [6, 6.07) is 0.358. The largest absolute Gasteiger partial charge is 0.352 e. The van der Waals surface area contributed by atoms with Crippen molar-refractivity contribution in [3.05, 3.63) is 0 Å². The lowest BCUT2D eigenvalue weighted by Gasteiger charge is -2.22. The fraction of sp³-hybridized carbons (Fsp3) is 0.846. The van der Waals surface area contributed by atoms with E-state index in [1.54, 1.807) is 19.0 Å². The molecule has 0 unspecified atom stereocenters. The van der Waals surface area contributed by atoms with Gasteiger partial charge in [0, 0.05) is 33.1 Å². The van der Waals surface area contributed by atoms with Gasteiger partial charge in [0.25, 0.3) is 0 Å². The molecule has 0 atom stereocenters. The Morgan fingerprint density at radius 3 is 2.44 bits per heavy atom. The van der Waals surface area contributed by atoms with E-state index < -0.39 is 0 Å².